The quantitative estimate of drug-likeness (QED) is 0.172. The first-order valence-corrected chi connectivity index (χ1v) is 40.3. The number of rotatable bonds is 7. The van der Waals surface area contributed by atoms with E-state index in [0.29, 0.717) is 0 Å². The molecular weight excluding hydrogens is 1380 g/mol. The van der Waals surface area contributed by atoms with E-state index in [9.17, 15) is 0 Å². The van der Waals surface area contributed by atoms with Crippen LogP contribution < -0.4 is 0 Å². The van der Waals surface area contributed by atoms with Crippen molar-refractivity contribution in [2.24, 2.45) is 59.1 Å². The van der Waals surface area contributed by atoms with Gasteiger partial charge >= 0.3 is 0 Å². The molecule has 5 aliphatic rings. The molecule has 0 aromatic carbocycles. The van der Waals surface area contributed by atoms with E-state index in [2.05, 4.69) is 355 Å². The smallest absolute Gasteiger partial charge is 0.131 e. The minimum atomic E-state index is 0.147. The predicted octanol–water partition coefficient (Wildman–Crippen LogP) is 26.7. The molecule has 0 amide bonds. The van der Waals surface area contributed by atoms with Gasteiger partial charge in [-0.05, 0) is 137 Å². The van der Waals surface area contributed by atoms with Gasteiger partial charge in [-0.1, -0.05) is 278 Å². The van der Waals surface area contributed by atoms with Crippen LogP contribution in [0.15, 0.2) is 190 Å². The summed E-state index contributed by atoms with van der Waals surface area (Å²) in [4.78, 5) is 37.4. The average Bonchev–Trinajstić information content (AvgIpc) is 1.68. The number of aromatic nitrogens is 7. The molecule has 0 radical (unpaired) electrons. The first-order valence-electron chi connectivity index (χ1n) is 37.8. The van der Waals surface area contributed by atoms with E-state index >= 15 is 0 Å². The Labute approximate surface area is 670 Å². The second-order valence-electron chi connectivity index (χ2n) is 37.4. The van der Waals surface area contributed by atoms with Crippen molar-refractivity contribution in [3.05, 3.63) is 219 Å². The van der Waals surface area contributed by atoms with Crippen LogP contribution in [0.3, 0.4) is 0 Å². The van der Waals surface area contributed by atoms with E-state index in [4.69, 9.17) is 0 Å². The van der Waals surface area contributed by atoms with Gasteiger partial charge in [0.1, 0.15) is 5.82 Å². The monoisotopic (exact) mass is 1530 g/mol. The van der Waals surface area contributed by atoms with Gasteiger partial charge in [-0.25, -0.2) is 15.0 Å². The van der Waals surface area contributed by atoms with Crippen molar-refractivity contribution in [3.8, 4) is 0 Å². The molecule has 5 aliphatic heterocycles. The number of nitrogens with one attached hydrogen (secondary N) is 1. The first-order chi connectivity index (χ1) is 49.2. The van der Waals surface area contributed by atoms with Gasteiger partial charge in [0.05, 0.1) is 63.9 Å². The minimum Gasteiger partial charge on any atom is -0.331 e. The Morgan fingerprint density at radius 3 is 1.15 bits per heavy atom. The second-order valence-corrected chi connectivity index (χ2v) is 40.5. The summed E-state index contributed by atoms with van der Waals surface area (Å²) >= 11 is 5.11. The topological polar surface area (TPSA) is 147 Å². The molecule has 5 aromatic heterocycles. The molecule has 594 valence electrons. The normalized spacial score (nSPS) is 14.8. The fourth-order valence-electron chi connectivity index (χ4n) is 9.97. The number of thiazole rings is 2. The van der Waals surface area contributed by atoms with Crippen LogP contribution >= 0.6 is 34.2 Å². The van der Waals surface area contributed by atoms with Gasteiger partial charge in [-0.2, -0.15) is 9.47 Å². The Morgan fingerprint density at radius 2 is 0.944 bits per heavy atom. The average molecular weight is 1530 g/mol. The third kappa shape index (κ3) is 35.5. The first kappa shape index (κ1) is 98.5. The number of aromatic amines is 1. The van der Waals surface area contributed by atoms with Gasteiger partial charge in [-0.3, -0.25) is 30.1 Å². The van der Waals surface area contributed by atoms with Crippen LogP contribution in [0.4, 0.5) is 0 Å². The van der Waals surface area contributed by atoms with Crippen LogP contribution in [0.2, 0.25) is 0 Å². The van der Waals surface area contributed by atoms with Crippen molar-refractivity contribution in [2.45, 2.75) is 268 Å². The van der Waals surface area contributed by atoms with Crippen LogP contribution in [0.1, 0.15) is 275 Å². The van der Waals surface area contributed by atoms with E-state index in [1.54, 1.807) is 52.4 Å². The van der Waals surface area contributed by atoms with Crippen molar-refractivity contribution in [1.29, 1.82) is 0 Å². The molecule has 0 saturated heterocycles. The van der Waals surface area contributed by atoms with Gasteiger partial charge in [0.25, 0.3) is 0 Å². The van der Waals surface area contributed by atoms with Crippen LogP contribution in [-0.4, -0.2) is 82.3 Å². The number of imidazole rings is 1. The van der Waals surface area contributed by atoms with Crippen LogP contribution in [0.25, 0.3) is 12.2 Å². The highest BCUT2D eigenvalue weighted by atomic mass is 32.1. The fraction of sp³-hybridized carbons (Fsp3) is 0.527. The molecule has 0 aliphatic carbocycles. The number of aliphatic imine (C=N–C) groups is 5. The highest BCUT2D eigenvalue weighted by Gasteiger charge is 2.26. The molecule has 12 nitrogen and oxygen atoms in total. The third-order valence-corrected chi connectivity index (χ3v) is 20.3. The van der Waals surface area contributed by atoms with Gasteiger partial charge in [-0.15, -0.1) is 22.7 Å². The lowest BCUT2D eigenvalue weighted by atomic mass is 9.84. The molecule has 10 heterocycles. The fourth-order valence-corrected chi connectivity index (χ4v) is 12.4. The Morgan fingerprint density at radius 1 is 0.463 bits per heavy atom. The standard InChI is InChI=1S/C10H16N2.5C10H15N.C9H14N2.3C8H13NS/c1-6-9-11-7-8(12(9)5)10(2,3)4;1-5-9-6-8(7-11-9)10(2,3)4;2*1-5-9-8(6-7-11-9)10(2,3)4;2*1-5-8-6-7-9(11-8)10(2,3)4;1-5-7-6-8(11-10-7)9(2,3)4;1-6-9-7(5-10-6)8(2,3)4;1-6-9-5-7(10-6)8(2,3)4;1-6-5-7(10-9-6)8(2,3)4/h6-7H,1H2,2-5H3;3*5-6H,1,7H2,2-4H3;2*5,7H,1,6H2,2-4H3;5-6H,1H2,2-4H3,(H,10,11);3*5H,1-4H3. The largest absolute Gasteiger partial charge is 0.331 e. The summed E-state index contributed by atoms with van der Waals surface area (Å²) in [5.74, 6) is 0.930. The molecule has 0 saturated carbocycles. The Kier molecular flexibility index (Phi) is 38.4. The lowest BCUT2D eigenvalue weighted by molar-refractivity contribution is 0.499. The van der Waals surface area contributed by atoms with Crippen LogP contribution in [0, 0.1) is 47.8 Å². The van der Waals surface area contributed by atoms with Crippen molar-refractivity contribution in [2.75, 3.05) is 19.6 Å². The van der Waals surface area contributed by atoms with E-state index in [-0.39, 0.29) is 54.1 Å². The number of aryl methyl sites for hydroxylation is 3. The van der Waals surface area contributed by atoms with E-state index in [0.717, 1.165) is 94.0 Å². The predicted molar refractivity (Wildman–Crippen MR) is 486 cm³/mol. The maximum absolute atomic E-state index is 4.44. The minimum absolute atomic E-state index is 0.147. The van der Waals surface area contributed by atoms with Gasteiger partial charge in [0, 0.05) is 109 Å². The van der Waals surface area contributed by atoms with Crippen molar-refractivity contribution >= 4 is 74.9 Å². The zero-order chi connectivity index (χ0) is 83.6. The highest BCUT2D eigenvalue weighted by Crippen LogP contribution is 2.35. The summed E-state index contributed by atoms with van der Waals surface area (Å²) in [5, 5.41) is 11.5. The molecule has 0 spiro atoms. The molecule has 0 unspecified atom stereocenters. The van der Waals surface area contributed by atoms with E-state index in [1.807, 2.05) is 70.6 Å². The van der Waals surface area contributed by atoms with Gasteiger partial charge in [0.2, 0.25) is 0 Å². The third-order valence-electron chi connectivity index (χ3n) is 16.8. The molecular formula is C93H144N12S3. The van der Waals surface area contributed by atoms with E-state index < -0.39 is 0 Å². The van der Waals surface area contributed by atoms with Crippen molar-refractivity contribution in [1.82, 2.24) is 34.1 Å². The number of nitrogens with zero attached hydrogens (tertiary/aromatic N) is 11. The molecule has 0 bridgehead atoms. The van der Waals surface area contributed by atoms with Crippen LogP contribution in [-0.2, 0) is 34.1 Å². The molecule has 1 N–H and O–H groups in total. The zero-order valence-corrected chi connectivity index (χ0v) is 76.4. The lowest BCUT2D eigenvalue weighted by Crippen LogP contribution is -2.16. The van der Waals surface area contributed by atoms with Crippen molar-refractivity contribution in [3.63, 3.8) is 0 Å². The molecule has 5 aromatic rings. The Bertz CT molecular complexity index is 3870. The number of H-pyrrole nitrogens is 1. The van der Waals surface area contributed by atoms with Gasteiger partial charge in [0.15, 0.2) is 0 Å². The Hall–Kier alpha value is -7.46. The molecule has 108 heavy (non-hydrogen) atoms. The molecule has 10 rings (SSSR count). The van der Waals surface area contributed by atoms with Crippen molar-refractivity contribution < 1.29 is 0 Å². The second kappa shape index (κ2) is 42.1. The molecule has 15 heteroatoms. The summed E-state index contributed by atoms with van der Waals surface area (Å²) in [5.41, 5.74) is 19.5. The zero-order valence-electron chi connectivity index (χ0n) is 73.9. The Balaban J connectivity index is 0.000000600. The molecule has 0 fully saturated rings. The van der Waals surface area contributed by atoms with Crippen LogP contribution in [0.5, 0.6) is 0 Å². The number of hydrogen-bond acceptors (Lipinski definition) is 13. The summed E-state index contributed by atoms with van der Waals surface area (Å²) in [6, 6.07) is 4.18. The number of allylic oxidation sites excluding steroid dienone is 12. The summed E-state index contributed by atoms with van der Waals surface area (Å²) < 4.78 is 6.30. The SMILES string of the molecule is C=CC1=NC(C(C)(C)C)=CC1.C=CC1=NC(C(C)(C)C)=CC1.C=CC1=NCC(C(C)(C)C)=C1.C=CC1=NCC=C1C(C)(C)C.C=CC1=NCC=C1C(C)(C)C.C=Cc1cc(C(C)(C)C)[nH]n1.C=Cc1ncc(C(C)(C)C)n1C.Cc1cc(C(C)(C)C)sn1.Cc1nc(C(C)(C)C)cs1.Cc1ncc(C(C)(C)C)s1. The maximum Gasteiger partial charge on any atom is 0.131 e. The number of hydrogen-bond donors (Lipinski definition) is 1. The summed E-state index contributed by atoms with van der Waals surface area (Å²) in [6.07, 6.45) is 29.3. The summed E-state index contributed by atoms with van der Waals surface area (Å²) in [6.45, 7) is 100. The highest BCUT2D eigenvalue weighted by molar-refractivity contribution is 7.11. The van der Waals surface area contributed by atoms with Gasteiger partial charge < -0.3 is 4.57 Å². The molecule has 0 atom stereocenters. The summed E-state index contributed by atoms with van der Waals surface area (Å²) in [7, 11) is 2.02. The maximum atomic E-state index is 4.44. The lowest BCUT2D eigenvalue weighted by Gasteiger charge is -2.20. The van der Waals surface area contributed by atoms with E-state index in [1.165, 1.54) is 49.3 Å².